The van der Waals surface area contributed by atoms with Gasteiger partial charge in [-0.25, -0.2) is 13.4 Å². The normalized spacial score (nSPS) is 16.5. The number of sulfonamides is 1. The van der Waals surface area contributed by atoms with E-state index in [1.165, 1.54) is 0 Å². The molecule has 31 heavy (non-hydrogen) atoms. The minimum Gasteiger partial charge on any atom is -0.378 e. The fraction of sp³-hybridized carbons (Fsp3) is 0.632. The zero-order valence-corrected chi connectivity index (χ0v) is 21.1. The van der Waals surface area contributed by atoms with Gasteiger partial charge in [0, 0.05) is 46.0 Å². The maximum Gasteiger partial charge on any atom is 0.511 e. The van der Waals surface area contributed by atoms with Gasteiger partial charge in [-0.15, -0.1) is 24.0 Å². The van der Waals surface area contributed by atoms with Gasteiger partial charge in [0.2, 0.25) is 0 Å². The summed E-state index contributed by atoms with van der Waals surface area (Å²) in [6.45, 7) is 3.38. The zero-order chi connectivity index (χ0) is 22.4. The molecular weight excluding hydrogens is 546 g/mol. The number of benzene rings is 1. The lowest BCUT2D eigenvalue weighted by Gasteiger charge is -2.31. The lowest BCUT2D eigenvalue weighted by atomic mass is 9.98. The molecule has 0 bridgehead atoms. The van der Waals surface area contributed by atoms with Crippen LogP contribution in [0.15, 0.2) is 29.3 Å². The van der Waals surface area contributed by atoms with E-state index in [-0.39, 0.29) is 43.0 Å². The minimum atomic E-state index is -5.24. The van der Waals surface area contributed by atoms with E-state index in [9.17, 15) is 21.6 Å². The average molecular weight is 577 g/mol. The Morgan fingerprint density at radius 3 is 2.23 bits per heavy atom. The Balaban J connectivity index is 0.00000480. The number of alkyl halides is 3. The summed E-state index contributed by atoms with van der Waals surface area (Å²) in [7, 11) is -1.29. The van der Waals surface area contributed by atoms with Crippen molar-refractivity contribution in [3.05, 3.63) is 29.8 Å². The van der Waals surface area contributed by atoms with Crippen LogP contribution >= 0.6 is 24.0 Å². The molecule has 178 valence electrons. The van der Waals surface area contributed by atoms with Crippen LogP contribution < -0.4 is 15.5 Å². The zero-order valence-electron chi connectivity index (χ0n) is 17.9. The largest absolute Gasteiger partial charge is 0.511 e. The summed E-state index contributed by atoms with van der Waals surface area (Å²) in [5.41, 5.74) is -3.08. The van der Waals surface area contributed by atoms with E-state index < -0.39 is 15.5 Å². The molecule has 1 aliphatic heterocycles. The number of hydrogen-bond acceptors (Lipinski definition) is 4. The maximum absolute atomic E-state index is 12.7. The van der Waals surface area contributed by atoms with E-state index in [2.05, 4.69) is 15.6 Å². The molecule has 12 heteroatoms. The maximum atomic E-state index is 12.7. The van der Waals surface area contributed by atoms with E-state index in [4.69, 9.17) is 0 Å². The predicted molar refractivity (Wildman–Crippen MR) is 128 cm³/mol. The van der Waals surface area contributed by atoms with E-state index >= 15 is 0 Å². The Hall–Kier alpha value is -1.28. The lowest BCUT2D eigenvalue weighted by molar-refractivity contribution is -0.0496. The first-order valence-electron chi connectivity index (χ1n) is 9.89. The second kappa shape index (κ2) is 12.1. The predicted octanol–water partition coefficient (Wildman–Crippen LogP) is 2.99. The Bertz CT molecular complexity index is 809. The van der Waals surface area contributed by atoms with Crippen molar-refractivity contribution in [1.82, 2.24) is 14.9 Å². The average Bonchev–Trinajstić information content (AvgIpc) is 2.70. The van der Waals surface area contributed by atoms with Gasteiger partial charge in [-0.1, -0.05) is 12.1 Å². The van der Waals surface area contributed by atoms with Gasteiger partial charge in [0.15, 0.2) is 5.96 Å². The quantitative estimate of drug-likeness (QED) is 0.296. The van der Waals surface area contributed by atoms with Crippen LogP contribution in [0.2, 0.25) is 0 Å². The number of halogens is 4. The molecule has 1 fully saturated rings. The first-order valence-corrected chi connectivity index (χ1v) is 11.3. The van der Waals surface area contributed by atoms with Crippen molar-refractivity contribution in [2.75, 3.05) is 45.2 Å². The van der Waals surface area contributed by atoms with Gasteiger partial charge in [-0.3, -0.25) is 0 Å². The molecule has 1 saturated heterocycles. The number of aliphatic imine (C=N–C) groups is 1. The van der Waals surface area contributed by atoms with Crippen LogP contribution in [0, 0.1) is 5.92 Å². The van der Waals surface area contributed by atoms with Crippen molar-refractivity contribution < 1.29 is 21.6 Å². The molecule has 2 rings (SSSR count). The van der Waals surface area contributed by atoms with Crippen LogP contribution in [0.4, 0.5) is 18.9 Å². The molecule has 0 amide bonds. The van der Waals surface area contributed by atoms with Crippen LogP contribution in [0.1, 0.15) is 25.3 Å². The van der Waals surface area contributed by atoms with Crippen LogP contribution in [-0.2, 0) is 16.6 Å². The Labute approximate surface area is 199 Å². The van der Waals surface area contributed by atoms with Crippen LogP contribution in [0.5, 0.6) is 0 Å². The molecule has 7 nitrogen and oxygen atoms in total. The highest BCUT2D eigenvalue weighted by Gasteiger charge is 2.50. The van der Waals surface area contributed by atoms with Crippen LogP contribution in [0.3, 0.4) is 0 Å². The molecule has 0 unspecified atom stereocenters. The molecule has 1 aromatic carbocycles. The standard InChI is InChI=1S/C19H30F3N5O2S.HI/c1-4-23-18(24-13-15-5-7-17(8-6-15)26(2)3)25-14-16-9-11-27(12-10-16)30(28,29)19(20,21)22;/h5-8,16H,4,9-14H2,1-3H3,(H2,23,24,25);1H. The molecule has 0 saturated carbocycles. The third-order valence-electron chi connectivity index (χ3n) is 4.98. The monoisotopic (exact) mass is 577 g/mol. The second-order valence-corrected chi connectivity index (χ2v) is 9.36. The smallest absolute Gasteiger partial charge is 0.378 e. The van der Waals surface area contributed by atoms with Gasteiger partial charge in [-0.2, -0.15) is 17.5 Å². The number of nitrogens with one attached hydrogen (secondary N) is 2. The molecule has 0 spiro atoms. The van der Waals surface area contributed by atoms with E-state index in [0.717, 1.165) is 11.3 Å². The molecule has 0 radical (unpaired) electrons. The fourth-order valence-corrected chi connectivity index (χ4v) is 4.14. The highest BCUT2D eigenvalue weighted by molar-refractivity contribution is 14.0. The van der Waals surface area contributed by atoms with Crippen LogP contribution in [0.25, 0.3) is 0 Å². The van der Waals surface area contributed by atoms with Crippen molar-refractivity contribution in [3.8, 4) is 0 Å². The van der Waals surface area contributed by atoms with Gasteiger partial charge in [-0.05, 0) is 43.4 Å². The molecule has 0 aliphatic carbocycles. The Kier molecular flexibility index (Phi) is 10.8. The third-order valence-corrected chi connectivity index (χ3v) is 6.61. The van der Waals surface area contributed by atoms with Gasteiger partial charge < -0.3 is 15.5 Å². The van der Waals surface area contributed by atoms with Gasteiger partial charge in [0.1, 0.15) is 0 Å². The second-order valence-electron chi connectivity index (χ2n) is 7.43. The molecule has 1 aliphatic rings. The van der Waals surface area contributed by atoms with Crippen molar-refractivity contribution in [2.24, 2.45) is 10.9 Å². The first kappa shape index (κ1) is 27.8. The third kappa shape index (κ3) is 7.97. The van der Waals surface area contributed by atoms with Crippen LogP contribution in [-0.4, -0.2) is 64.5 Å². The first-order chi connectivity index (χ1) is 14.0. The summed E-state index contributed by atoms with van der Waals surface area (Å²) in [6.07, 6.45) is 0.738. The van der Waals surface area contributed by atoms with Gasteiger partial charge in [0.05, 0.1) is 6.54 Å². The number of hydrogen-bond donors (Lipinski definition) is 2. The summed E-state index contributed by atoms with van der Waals surface area (Å²) in [6, 6.07) is 8.07. The topological polar surface area (TPSA) is 77.0 Å². The fourth-order valence-electron chi connectivity index (χ4n) is 3.15. The minimum absolute atomic E-state index is 0. The van der Waals surface area contributed by atoms with E-state index in [1.54, 1.807) is 0 Å². The summed E-state index contributed by atoms with van der Waals surface area (Å²) in [5.74, 6) is 0.701. The van der Waals surface area contributed by atoms with E-state index in [1.807, 2.05) is 50.2 Å². The molecule has 2 N–H and O–H groups in total. The van der Waals surface area contributed by atoms with Crippen molar-refractivity contribution >= 4 is 45.6 Å². The summed E-state index contributed by atoms with van der Waals surface area (Å²) < 4.78 is 61.5. The SMILES string of the molecule is CCNC(=NCc1ccc(N(C)C)cc1)NCC1CCN(S(=O)(=O)C(F)(F)F)CC1.I. The number of piperidine rings is 1. The van der Waals surface area contributed by atoms with Crippen molar-refractivity contribution in [1.29, 1.82) is 0 Å². The Morgan fingerprint density at radius 2 is 1.74 bits per heavy atom. The number of nitrogens with zero attached hydrogens (tertiary/aromatic N) is 3. The highest BCUT2D eigenvalue weighted by atomic mass is 127. The summed E-state index contributed by atoms with van der Waals surface area (Å²) in [4.78, 5) is 6.57. The molecule has 0 aromatic heterocycles. The number of anilines is 1. The number of guanidine groups is 1. The number of rotatable bonds is 7. The summed E-state index contributed by atoms with van der Waals surface area (Å²) in [5, 5.41) is 6.37. The lowest BCUT2D eigenvalue weighted by Crippen LogP contribution is -2.47. The Morgan fingerprint density at radius 1 is 1.16 bits per heavy atom. The van der Waals surface area contributed by atoms with Gasteiger partial charge in [0.25, 0.3) is 0 Å². The van der Waals surface area contributed by atoms with Crippen molar-refractivity contribution in [3.63, 3.8) is 0 Å². The molecular formula is C19H31F3IN5O2S. The van der Waals surface area contributed by atoms with Gasteiger partial charge >= 0.3 is 15.5 Å². The summed E-state index contributed by atoms with van der Waals surface area (Å²) >= 11 is 0. The van der Waals surface area contributed by atoms with Crippen molar-refractivity contribution in [2.45, 2.75) is 31.8 Å². The highest BCUT2D eigenvalue weighted by Crippen LogP contribution is 2.30. The van der Waals surface area contributed by atoms with E-state index in [0.29, 0.717) is 42.7 Å². The molecule has 1 aromatic rings. The molecule has 0 atom stereocenters. The molecule has 1 heterocycles.